The Balaban J connectivity index is 0.00000280. The number of guanidine groups is 1. The molecule has 1 heterocycles. The van der Waals surface area contributed by atoms with Gasteiger partial charge >= 0.3 is 0 Å². The van der Waals surface area contributed by atoms with Gasteiger partial charge in [0.15, 0.2) is 5.96 Å². The molecule has 0 aromatic heterocycles. The largest absolute Gasteiger partial charge is 0.492 e. The van der Waals surface area contributed by atoms with Crippen molar-refractivity contribution in [2.24, 2.45) is 10.9 Å². The molecule has 2 aliphatic rings. The van der Waals surface area contributed by atoms with Crippen LogP contribution in [-0.2, 0) is 4.79 Å². The van der Waals surface area contributed by atoms with Crippen molar-refractivity contribution in [2.45, 2.75) is 45.1 Å². The van der Waals surface area contributed by atoms with Crippen molar-refractivity contribution in [2.75, 3.05) is 33.3 Å². The molecule has 7 heteroatoms. The first kappa shape index (κ1) is 22.8. The van der Waals surface area contributed by atoms with Crippen LogP contribution in [0.5, 0.6) is 5.75 Å². The van der Waals surface area contributed by atoms with E-state index in [9.17, 15) is 4.79 Å². The fraction of sp³-hybridized carbons (Fsp3) is 0.619. The van der Waals surface area contributed by atoms with Gasteiger partial charge in [-0.2, -0.15) is 0 Å². The molecule has 1 unspecified atom stereocenters. The highest BCUT2D eigenvalue weighted by Gasteiger charge is 2.32. The predicted molar refractivity (Wildman–Crippen MR) is 124 cm³/mol. The van der Waals surface area contributed by atoms with Crippen LogP contribution in [0.2, 0.25) is 0 Å². The number of ether oxygens (including phenoxy) is 1. The maximum absolute atomic E-state index is 12.6. The van der Waals surface area contributed by atoms with Crippen LogP contribution in [0.25, 0.3) is 0 Å². The second-order valence-corrected chi connectivity index (χ2v) is 7.56. The number of benzene rings is 1. The van der Waals surface area contributed by atoms with Gasteiger partial charge in [0.25, 0.3) is 0 Å². The van der Waals surface area contributed by atoms with Gasteiger partial charge in [0.05, 0.1) is 6.54 Å². The first-order valence-corrected chi connectivity index (χ1v) is 10.1. The monoisotopic (exact) mass is 500 g/mol. The number of carbonyl (C=O) groups excluding carboxylic acids is 1. The second kappa shape index (κ2) is 11.5. The number of hydrogen-bond donors (Lipinski definition) is 2. The third-order valence-corrected chi connectivity index (χ3v) is 5.42. The van der Waals surface area contributed by atoms with Crippen LogP contribution >= 0.6 is 24.0 Å². The molecule has 0 spiro atoms. The van der Waals surface area contributed by atoms with Gasteiger partial charge in [0, 0.05) is 32.1 Å². The zero-order chi connectivity index (χ0) is 19.1. The molecule has 0 radical (unpaired) electrons. The molecule has 1 aliphatic carbocycles. The molecule has 2 N–H and O–H groups in total. The Morgan fingerprint density at radius 2 is 2.07 bits per heavy atom. The third kappa shape index (κ3) is 6.53. The quantitative estimate of drug-likeness (QED) is 0.273. The number of nitrogens with zero attached hydrogens (tertiary/aromatic N) is 2. The van der Waals surface area contributed by atoms with Gasteiger partial charge < -0.3 is 20.3 Å². The highest BCUT2D eigenvalue weighted by atomic mass is 127. The number of aryl methyl sites for hydroxylation is 1. The summed E-state index contributed by atoms with van der Waals surface area (Å²) in [5, 5.41) is 6.73. The number of halogens is 1. The van der Waals surface area contributed by atoms with E-state index in [1.165, 1.54) is 18.4 Å². The van der Waals surface area contributed by atoms with Crippen LogP contribution < -0.4 is 15.4 Å². The summed E-state index contributed by atoms with van der Waals surface area (Å²) in [7, 11) is 1.77. The number of carbonyl (C=O) groups is 1. The van der Waals surface area contributed by atoms with E-state index in [4.69, 9.17) is 4.74 Å². The molecule has 6 nitrogen and oxygen atoms in total. The van der Waals surface area contributed by atoms with Crippen LogP contribution in [0.3, 0.4) is 0 Å². The van der Waals surface area contributed by atoms with E-state index < -0.39 is 0 Å². The van der Waals surface area contributed by atoms with E-state index in [1.54, 1.807) is 7.05 Å². The van der Waals surface area contributed by atoms with Crippen molar-refractivity contribution in [3.8, 4) is 5.75 Å². The summed E-state index contributed by atoms with van der Waals surface area (Å²) < 4.78 is 5.76. The SMILES string of the molecule is CN=C(NCCOc1cccc(C)c1)NC1CCN(C(=O)C2CCCC2)C1.I. The zero-order valence-electron chi connectivity index (χ0n) is 16.9. The molecule has 1 saturated heterocycles. The Hall–Kier alpha value is -1.51. The van der Waals surface area contributed by atoms with Crippen LogP contribution in [0.4, 0.5) is 0 Å². The van der Waals surface area contributed by atoms with Crippen molar-refractivity contribution < 1.29 is 9.53 Å². The molecule has 1 amide bonds. The van der Waals surface area contributed by atoms with Crippen molar-refractivity contribution in [3.63, 3.8) is 0 Å². The molecule has 2 fully saturated rings. The Morgan fingerprint density at radius 1 is 1.29 bits per heavy atom. The minimum Gasteiger partial charge on any atom is -0.492 e. The molecule has 28 heavy (non-hydrogen) atoms. The second-order valence-electron chi connectivity index (χ2n) is 7.56. The average Bonchev–Trinajstić information content (AvgIpc) is 3.36. The number of rotatable bonds is 6. The molecular weight excluding hydrogens is 467 g/mol. The lowest BCUT2D eigenvalue weighted by Gasteiger charge is -2.21. The standard InChI is InChI=1S/C21H32N4O2.HI/c1-16-6-5-9-19(14-16)27-13-11-23-21(22-2)24-18-10-12-25(15-18)20(26)17-7-3-4-8-17;/h5-6,9,14,17-18H,3-4,7-8,10-13,15H2,1-2H3,(H2,22,23,24);1H. The first-order chi connectivity index (χ1) is 13.2. The lowest BCUT2D eigenvalue weighted by molar-refractivity contribution is -0.134. The average molecular weight is 500 g/mol. The third-order valence-electron chi connectivity index (χ3n) is 5.42. The number of aliphatic imine (C=N–C) groups is 1. The van der Waals surface area contributed by atoms with Crippen molar-refractivity contribution in [1.29, 1.82) is 0 Å². The molecule has 1 aromatic carbocycles. The van der Waals surface area contributed by atoms with Crippen LogP contribution in [0, 0.1) is 12.8 Å². The highest BCUT2D eigenvalue weighted by Crippen LogP contribution is 2.27. The summed E-state index contributed by atoms with van der Waals surface area (Å²) in [5.74, 6) is 2.27. The minimum atomic E-state index is 0. The van der Waals surface area contributed by atoms with E-state index in [1.807, 2.05) is 23.1 Å². The van der Waals surface area contributed by atoms with Gasteiger partial charge in [0.1, 0.15) is 12.4 Å². The fourth-order valence-electron chi connectivity index (χ4n) is 3.94. The summed E-state index contributed by atoms with van der Waals surface area (Å²) in [6, 6.07) is 8.31. The van der Waals surface area contributed by atoms with Crippen LogP contribution in [0.1, 0.15) is 37.7 Å². The first-order valence-electron chi connectivity index (χ1n) is 10.1. The molecule has 3 rings (SSSR count). The molecule has 1 saturated carbocycles. The summed E-state index contributed by atoms with van der Waals surface area (Å²) in [4.78, 5) is 18.9. The van der Waals surface area contributed by atoms with Crippen molar-refractivity contribution in [3.05, 3.63) is 29.8 Å². The minimum absolute atomic E-state index is 0. The maximum Gasteiger partial charge on any atom is 0.225 e. The van der Waals surface area contributed by atoms with E-state index in [-0.39, 0.29) is 35.9 Å². The van der Waals surface area contributed by atoms with Crippen molar-refractivity contribution in [1.82, 2.24) is 15.5 Å². The molecule has 1 atom stereocenters. The zero-order valence-corrected chi connectivity index (χ0v) is 19.3. The lowest BCUT2D eigenvalue weighted by Crippen LogP contribution is -2.46. The topological polar surface area (TPSA) is 66.0 Å². The van der Waals surface area contributed by atoms with Gasteiger partial charge in [0.2, 0.25) is 5.91 Å². The smallest absolute Gasteiger partial charge is 0.225 e. The Labute approximate surface area is 185 Å². The maximum atomic E-state index is 12.6. The molecule has 0 bridgehead atoms. The summed E-state index contributed by atoms with van der Waals surface area (Å²) in [5.41, 5.74) is 1.19. The molecule has 1 aliphatic heterocycles. The highest BCUT2D eigenvalue weighted by molar-refractivity contribution is 14.0. The van der Waals surface area contributed by atoms with Crippen LogP contribution in [-0.4, -0.2) is 56.1 Å². The summed E-state index contributed by atoms with van der Waals surface area (Å²) >= 11 is 0. The van der Waals surface area contributed by atoms with Gasteiger partial charge in [-0.15, -0.1) is 24.0 Å². The number of amides is 1. The van der Waals surface area contributed by atoms with Gasteiger partial charge in [-0.3, -0.25) is 9.79 Å². The van der Waals surface area contributed by atoms with Crippen molar-refractivity contribution >= 4 is 35.8 Å². The number of likely N-dealkylation sites (tertiary alicyclic amines) is 1. The lowest BCUT2D eigenvalue weighted by atomic mass is 10.1. The Morgan fingerprint density at radius 3 is 2.79 bits per heavy atom. The summed E-state index contributed by atoms with van der Waals surface area (Å²) in [6.45, 7) is 4.92. The van der Waals surface area contributed by atoms with Crippen LogP contribution in [0.15, 0.2) is 29.3 Å². The number of hydrogen-bond acceptors (Lipinski definition) is 3. The molecule has 156 valence electrons. The normalized spacial score (nSPS) is 20.0. The van der Waals surface area contributed by atoms with E-state index in [0.29, 0.717) is 19.1 Å². The summed E-state index contributed by atoms with van der Waals surface area (Å²) in [6.07, 6.45) is 5.51. The van der Waals surface area contributed by atoms with Gasteiger partial charge in [-0.05, 0) is 43.9 Å². The van der Waals surface area contributed by atoms with Gasteiger partial charge in [-0.1, -0.05) is 25.0 Å². The predicted octanol–water partition coefficient (Wildman–Crippen LogP) is 2.95. The van der Waals surface area contributed by atoms with E-state index in [2.05, 4.69) is 28.6 Å². The van der Waals surface area contributed by atoms with E-state index in [0.717, 1.165) is 44.1 Å². The van der Waals surface area contributed by atoms with E-state index >= 15 is 0 Å². The van der Waals surface area contributed by atoms with Gasteiger partial charge in [-0.25, -0.2) is 0 Å². The Bertz CT molecular complexity index is 662. The molecule has 1 aromatic rings. The number of nitrogens with one attached hydrogen (secondary N) is 2. The molecular formula is C21H33IN4O2. The fourth-order valence-corrected chi connectivity index (χ4v) is 3.94. The Kier molecular flexibility index (Phi) is 9.34.